The number of hydrogen-bond acceptors (Lipinski definition) is 2. The summed E-state index contributed by atoms with van der Waals surface area (Å²) in [6, 6.07) is 15.2. The summed E-state index contributed by atoms with van der Waals surface area (Å²) >= 11 is 0. The number of nitrogens with two attached hydrogens (primary N) is 1. The fourth-order valence-corrected chi connectivity index (χ4v) is 2.87. The summed E-state index contributed by atoms with van der Waals surface area (Å²) in [5.74, 6) is 0. The summed E-state index contributed by atoms with van der Waals surface area (Å²) in [5, 5.41) is 6.24. The molecule has 0 aliphatic heterocycles. The molecule has 3 N–H and O–H groups in total. The Balaban J connectivity index is 1.81. The average molecular weight is 268 g/mol. The van der Waals surface area contributed by atoms with Gasteiger partial charge in [0.05, 0.1) is 0 Å². The van der Waals surface area contributed by atoms with Gasteiger partial charge in [-0.1, -0.05) is 56.3 Å². The Morgan fingerprint density at radius 1 is 1.10 bits per heavy atom. The second-order valence-corrected chi connectivity index (χ2v) is 6.88. The lowest BCUT2D eigenvalue weighted by Crippen LogP contribution is -2.41. The molecule has 106 valence electrons. The molecule has 1 aliphatic rings. The molecule has 0 atom stereocenters. The minimum absolute atomic E-state index is 0.0782. The first-order valence-corrected chi connectivity index (χ1v) is 7.48. The number of hydrogen-bond donors (Lipinski definition) is 2. The van der Waals surface area contributed by atoms with Crippen molar-refractivity contribution < 1.29 is 0 Å². The van der Waals surface area contributed by atoms with Crippen molar-refractivity contribution >= 4 is 10.8 Å². The Morgan fingerprint density at radius 3 is 2.55 bits per heavy atom. The van der Waals surface area contributed by atoms with Crippen molar-refractivity contribution in [2.75, 3.05) is 13.1 Å². The van der Waals surface area contributed by atoms with Gasteiger partial charge in [0.1, 0.15) is 0 Å². The Hall–Kier alpha value is -1.38. The minimum atomic E-state index is 0.0782. The second-order valence-electron chi connectivity index (χ2n) is 6.88. The highest BCUT2D eigenvalue weighted by Crippen LogP contribution is 2.32. The van der Waals surface area contributed by atoms with Crippen LogP contribution in [0.1, 0.15) is 32.3 Å². The van der Waals surface area contributed by atoms with E-state index in [1.807, 2.05) is 0 Å². The minimum Gasteiger partial charge on any atom is -0.324 e. The summed E-state index contributed by atoms with van der Waals surface area (Å²) < 4.78 is 0. The van der Waals surface area contributed by atoms with Crippen LogP contribution in [0.4, 0.5) is 0 Å². The summed E-state index contributed by atoms with van der Waals surface area (Å²) in [6.45, 7) is 6.50. The van der Waals surface area contributed by atoms with Crippen molar-refractivity contribution in [2.24, 2.45) is 5.73 Å². The Labute approximate surface area is 121 Å². The standard InChI is InChI=1S/C18H24N2/c1-17(2,12-20-13-18(19)10-11-18)16-9-5-7-14-6-3-4-8-15(14)16/h3-9,20H,10-13,19H2,1-2H3. The first kappa shape index (κ1) is 13.6. The molecule has 2 aromatic carbocycles. The molecule has 0 aromatic heterocycles. The highest BCUT2D eigenvalue weighted by Gasteiger charge is 2.38. The van der Waals surface area contributed by atoms with Crippen LogP contribution in [0.15, 0.2) is 42.5 Å². The Kier molecular flexibility index (Phi) is 3.31. The molecule has 20 heavy (non-hydrogen) atoms. The summed E-state index contributed by atoms with van der Waals surface area (Å²) in [6.07, 6.45) is 2.32. The molecule has 1 saturated carbocycles. The van der Waals surface area contributed by atoms with Gasteiger partial charge in [0.2, 0.25) is 0 Å². The van der Waals surface area contributed by atoms with Gasteiger partial charge in [-0.05, 0) is 29.2 Å². The molecule has 0 heterocycles. The highest BCUT2D eigenvalue weighted by molar-refractivity contribution is 5.86. The fourth-order valence-electron chi connectivity index (χ4n) is 2.87. The third-order valence-electron chi connectivity index (χ3n) is 4.45. The van der Waals surface area contributed by atoms with E-state index in [1.54, 1.807) is 0 Å². The van der Waals surface area contributed by atoms with Gasteiger partial charge >= 0.3 is 0 Å². The quantitative estimate of drug-likeness (QED) is 0.874. The van der Waals surface area contributed by atoms with E-state index in [9.17, 15) is 0 Å². The maximum absolute atomic E-state index is 6.14. The van der Waals surface area contributed by atoms with Gasteiger partial charge in [0.25, 0.3) is 0 Å². The van der Waals surface area contributed by atoms with Crippen LogP contribution < -0.4 is 11.1 Å². The normalized spacial score (nSPS) is 17.4. The van der Waals surface area contributed by atoms with Gasteiger partial charge in [-0.25, -0.2) is 0 Å². The van der Waals surface area contributed by atoms with Crippen molar-refractivity contribution in [3.05, 3.63) is 48.0 Å². The first-order valence-electron chi connectivity index (χ1n) is 7.48. The van der Waals surface area contributed by atoms with Crippen LogP contribution in [0, 0.1) is 0 Å². The molecular formula is C18H24N2. The largest absolute Gasteiger partial charge is 0.324 e. The van der Waals surface area contributed by atoms with Gasteiger partial charge in [-0.15, -0.1) is 0 Å². The highest BCUT2D eigenvalue weighted by atomic mass is 15.0. The number of nitrogens with one attached hydrogen (secondary N) is 1. The third kappa shape index (κ3) is 2.72. The Morgan fingerprint density at radius 2 is 1.80 bits per heavy atom. The van der Waals surface area contributed by atoms with Gasteiger partial charge in [-0.2, -0.15) is 0 Å². The number of fused-ring (bicyclic) bond motifs is 1. The van der Waals surface area contributed by atoms with Crippen molar-refractivity contribution in [1.82, 2.24) is 5.32 Å². The summed E-state index contributed by atoms with van der Waals surface area (Å²) in [5.41, 5.74) is 7.73. The Bertz CT molecular complexity index is 606. The average Bonchev–Trinajstić information content (AvgIpc) is 3.16. The van der Waals surface area contributed by atoms with E-state index >= 15 is 0 Å². The van der Waals surface area contributed by atoms with Gasteiger partial charge in [0, 0.05) is 24.0 Å². The molecule has 2 aromatic rings. The molecule has 0 radical (unpaired) electrons. The van der Waals surface area contributed by atoms with E-state index in [2.05, 4.69) is 61.6 Å². The molecule has 0 saturated heterocycles. The van der Waals surface area contributed by atoms with E-state index < -0.39 is 0 Å². The van der Waals surface area contributed by atoms with E-state index in [4.69, 9.17) is 5.73 Å². The predicted molar refractivity (Wildman–Crippen MR) is 86.0 cm³/mol. The molecule has 1 aliphatic carbocycles. The smallest absolute Gasteiger partial charge is 0.0282 e. The third-order valence-corrected chi connectivity index (χ3v) is 4.45. The molecule has 0 amide bonds. The molecule has 0 bridgehead atoms. The monoisotopic (exact) mass is 268 g/mol. The topological polar surface area (TPSA) is 38.0 Å². The molecule has 1 fully saturated rings. The van der Waals surface area contributed by atoms with Crippen LogP contribution in [0.5, 0.6) is 0 Å². The molecule has 0 spiro atoms. The van der Waals surface area contributed by atoms with Crippen LogP contribution in [0.2, 0.25) is 0 Å². The zero-order valence-corrected chi connectivity index (χ0v) is 12.4. The van der Waals surface area contributed by atoms with Gasteiger partial charge in [0.15, 0.2) is 0 Å². The maximum Gasteiger partial charge on any atom is 0.0282 e. The van der Waals surface area contributed by atoms with Gasteiger partial charge in [-0.3, -0.25) is 0 Å². The van der Waals surface area contributed by atoms with E-state index in [1.165, 1.54) is 16.3 Å². The molecule has 2 nitrogen and oxygen atoms in total. The second kappa shape index (κ2) is 4.87. The fraction of sp³-hybridized carbons (Fsp3) is 0.444. The molecular weight excluding hydrogens is 244 g/mol. The lowest BCUT2D eigenvalue weighted by atomic mass is 9.81. The van der Waals surface area contributed by atoms with Crippen molar-refractivity contribution in [1.29, 1.82) is 0 Å². The van der Waals surface area contributed by atoms with Crippen molar-refractivity contribution in [2.45, 2.75) is 37.6 Å². The lowest BCUT2D eigenvalue weighted by molar-refractivity contribution is 0.451. The van der Waals surface area contributed by atoms with Crippen LogP contribution in [0.25, 0.3) is 10.8 Å². The molecule has 3 rings (SSSR count). The first-order chi connectivity index (χ1) is 9.50. The van der Waals surface area contributed by atoms with Crippen molar-refractivity contribution in [3.63, 3.8) is 0 Å². The van der Waals surface area contributed by atoms with E-state index in [0.29, 0.717) is 0 Å². The SMILES string of the molecule is CC(C)(CNCC1(N)CC1)c1cccc2ccccc12. The summed E-state index contributed by atoms with van der Waals surface area (Å²) in [4.78, 5) is 0. The zero-order valence-electron chi connectivity index (χ0n) is 12.4. The zero-order chi connectivity index (χ0) is 14.2. The van der Waals surface area contributed by atoms with Crippen molar-refractivity contribution in [3.8, 4) is 0 Å². The van der Waals surface area contributed by atoms with Crippen LogP contribution >= 0.6 is 0 Å². The van der Waals surface area contributed by atoms with Crippen LogP contribution in [0.3, 0.4) is 0 Å². The van der Waals surface area contributed by atoms with E-state index in [-0.39, 0.29) is 11.0 Å². The number of benzene rings is 2. The summed E-state index contributed by atoms with van der Waals surface area (Å²) in [7, 11) is 0. The predicted octanol–water partition coefficient (Wildman–Crippen LogP) is 3.20. The lowest BCUT2D eigenvalue weighted by Gasteiger charge is -2.28. The number of rotatable bonds is 5. The van der Waals surface area contributed by atoms with E-state index in [0.717, 1.165) is 25.9 Å². The van der Waals surface area contributed by atoms with Crippen LogP contribution in [-0.2, 0) is 5.41 Å². The molecule has 2 heteroatoms. The van der Waals surface area contributed by atoms with Crippen LogP contribution in [-0.4, -0.2) is 18.6 Å². The molecule has 0 unspecified atom stereocenters. The van der Waals surface area contributed by atoms with Gasteiger partial charge < -0.3 is 11.1 Å². The maximum atomic E-state index is 6.14.